The van der Waals surface area contributed by atoms with Gasteiger partial charge in [0.25, 0.3) is 0 Å². The number of hydrogen-bond acceptors (Lipinski definition) is 5. The first-order valence-corrected chi connectivity index (χ1v) is 13.9. The molecular formula is C34H30F7N5Pt. The van der Waals surface area contributed by atoms with Crippen LogP contribution in [0, 0.1) is 46.7 Å². The zero-order chi connectivity index (χ0) is 34.5. The number of anilines is 2. The Morgan fingerprint density at radius 3 is 1.70 bits per heavy atom. The van der Waals surface area contributed by atoms with Crippen LogP contribution >= 0.6 is 0 Å². The van der Waals surface area contributed by atoms with E-state index in [1.807, 2.05) is 0 Å². The van der Waals surface area contributed by atoms with Crippen molar-refractivity contribution in [2.24, 2.45) is 0 Å². The Hall–Kier alpha value is -3.97. The second kappa shape index (κ2) is 13.3. The Morgan fingerprint density at radius 1 is 0.702 bits per heavy atom. The number of alkyl halides is 3. The van der Waals surface area contributed by atoms with Crippen molar-refractivity contribution in [2.45, 2.75) is 44.7 Å². The van der Waals surface area contributed by atoms with Gasteiger partial charge in [-0.05, 0) is 37.7 Å². The summed E-state index contributed by atoms with van der Waals surface area (Å²) in [6, 6.07) is 14.2. The SMILES string of the molecule is CN(C)c1cc(-c2[c-]cc(F)c(C(F)(F)F)c2F)nc(C(C)(C)c2cc(N(C)C)cc(C(C)(C)c3[c-]cc(F)c(C#N)c3F)n2)c1.[Pt+2]. The summed E-state index contributed by atoms with van der Waals surface area (Å²) < 4.78 is 99.5. The molecule has 0 N–H and O–H groups in total. The third kappa shape index (κ3) is 7.01. The number of pyridine rings is 2. The molecule has 47 heavy (non-hydrogen) atoms. The minimum Gasteiger partial charge on any atom is -0.378 e. The van der Waals surface area contributed by atoms with E-state index in [2.05, 4.69) is 17.1 Å². The Bertz CT molecular complexity index is 1860. The average molecular weight is 837 g/mol. The van der Waals surface area contributed by atoms with Gasteiger partial charge < -0.3 is 14.8 Å². The molecule has 0 unspecified atom stereocenters. The molecule has 4 rings (SSSR count). The number of aromatic nitrogens is 2. The van der Waals surface area contributed by atoms with Crippen molar-refractivity contribution in [2.75, 3.05) is 38.0 Å². The fraction of sp³-hybridized carbons (Fsp3) is 0.324. The molecule has 0 aliphatic heterocycles. The van der Waals surface area contributed by atoms with Crippen LogP contribution in [0.3, 0.4) is 0 Å². The summed E-state index contributed by atoms with van der Waals surface area (Å²) >= 11 is 0. The molecule has 250 valence electrons. The van der Waals surface area contributed by atoms with Crippen LogP contribution in [0.4, 0.5) is 42.1 Å². The fourth-order valence-electron chi connectivity index (χ4n) is 4.90. The first-order chi connectivity index (χ1) is 21.2. The van der Waals surface area contributed by atoms with Crippen LogP contribution in [-0.2, 0) is 38.1 Å². The molecule has 0 bridgehead atoms. The van der Waals surface area contributed by atoms with E-state index in [-0.39, 0.29) is 38.0 Å². The maximum Gasteiger partial charge on any atom is 2.00 e. The molecule has 0 saturated heterocycles. The molecule has 0 radical (unpaired) electrons. The molecule has 0 aliphatic rings. The molecular weight excluding hydrogens is 806 g/mol. The second-order valence-electron chi connectivity index (χ2n) is 12.2. The van der Waals surface area contributed by atoms with Crippen LogP contribution in [0.25, 0.3) is 11.3 Å². The summed E-state index contributed by atoms with van der Waals surface area (Å²) in [5.74, 6) is -5.75. The fourth-order valence-corrected chi connectivity index (χ4v) is 4.90. The topological polar surface area (TPSA) is 56.1 Å². The minimum atomic E-state index is -5.30. The van der Waals surface area contributed by atoms with Gasteiger partial charge >= 0.3 is 27.2 Å². The van der Waals surface area contributed by atoms with E-state index in [4.69, 9.17) is 4.98 Å². The van der Waals surface area contributed by atoms with E-state index in [1.54, 1.807) is 90.0 Å². The quantitative estimate of drug-likeness (QED) is 0.140. The van der Waals surface area contributed by atoms with E-state index in [0.717, 1.165) is 6.07 Å². The van der Waals surface area contributed by atoms with Crippen LogP contribution in [0.15, 0.2) is 36.4 Å². The Labute approximate surface area is 283 Å². The van der Waals surface area contributed by atoms with Crippen molar-refractivity contribution < 1.29 is 51.8 Å². The monoisotopic (exact) mass is 836 g/mol. The molecule has 2 heterocycles. The van der Waals surface area contributed by atoms with E-state index in [0.29, 0.717) is 28.8 Å². The molecule has 0 spiro atoms. The number of nitrogens with zero attached hydrogens (tertiary/aromatic N) is 5. The number of hydrogen-bond donors (Lipinski definition) is 0. The largest absolute Gasteiger partial charge is 2.00 e. The van der Waals surface area contributed by atoms with Gasteiger partial charge in [-0.3, -0.25) is 22.5 Å². The number of rotatable bonds is 7. The van der Waals surface area contributed by atoms with Crippen molar-refractivity contribution in [3.8, 4) is 17.3 Å². The molecule has 2 aromatic heterocycles. The van der Waals surface area contributed by atoms with E-state index in [1.165, 1.54) is 6.07 Å². The maximum atomic E-state index is 15.4. The summed E-state index contributed by atoms with van der Waals surface area (Å²) in [5, 5.41) is 9.33. The third-order valence-electron chi connectivity index (χ3n) is 7.89. The molecule has 13 heteroatoms. The summed E-state index contributed by atoms with van der Waals surface area (Å²) in [6.45, 7) is 6.80. The van der Waals surface area contributed by atoms with Gasteiger partial charge in [0.15, 0.2) is 0 Å². The van der Waals surface area contributed by atoms with Crippen molar-refractivity contribution in [1.29, 1.82) is 5.26 Å². The van der Waals surface area contributed by atoms with Gasteiger partial charge in [-0.1, -0.05) is 25.5 Å². The first kappa shape index (κ1) is 37.5. The molecule has 0 atom stereocenters. The van der Waals surface area contributed by atoms with E-state index in [9.17, 15) is 27.2 Å². The summed E-state index contributed by atoms with van der Waals surface area (Å²) in [6.07, 6.45) is -5.30. The van der Waals surface area contributed by atoms with Gasteiger partial charge in [0.2, 0.25) is 0 Å². The summed E-state index contributed by atoms with van der Waals surface area (Å²) in [7, 11) is 6.90. The van der Waals surface area contributed by atoms with Crippen molar-refractivity contribution in [1.82, 2.24) is 9.97 Å². The van der Waals surface area contributed by atoms with E-state index >= 15 is 8.78 Å². The third-order valence-corrected chi connectivity index (χ3v) is 7.89. The van der Waals surface area contributed by atoms with E-state index < -0.39 is 57.0 Å². The van der Waals surface area contributed by atoms with Crippen molar-refractivity contribution in [3.05, 3.63) is 106 Å². The Kier molecular flexibility index (Phi) is 10.6. The minimum absolute atomic E-state index is 0. The van der Waals surface area contributed by atoms with Gasteiger partial charge in [0, 0.05) is 78.9 Å². The van der Waals surface area contributed by atoms with Crippen LogP contribution in [0.5, 0.6) is 0 Å². The van der Waals surface area contributed by atoms with Gasteiger partial charge in [-0.25, -0.2) is 0 Å². The van der Waals surface area contributed by atoms with Crippen molar-refractivity contribution in [3.63, 3.8) is 0 Å². The van der Waals surface area contributed by atoms with Crippen LogP contribution in [0.2, 0.25) is 0 Å². The first-order valence-electron chi connectivity index (χ1n) is 13.9. The van der Waals surface area contributed by atoms with Crippen LogP contribution in [-0.4, -0.2) is 38.2 Å². The average Bonchev–Trinajstić information content (AvgIpc) is 2.96. The molecule has 2 aromatic carbocycles. The van der Waals surface area contributed by atoms with Crippen LogP contribution < -0.4 is 9.80 Å². The Balaban J connectivity index is 0.00000600. The second-order valence-corrected chi connectivity index (χ2v) is 12.2. The smallest absolute Gasteiger partial charge is 0.378 e. The van der Waals surface area contributed by atoms with Gasteiger partial charge in [0.1, 0.15) is 0 Å². The molecule has 0 amide bonds. The number of nitriles is 1. The van der Waals surface area contributed by atoms with Gasteiger partial charge in [-0.15, -0.1) is 23.8 Å². The normalized spacial score (nSPS) is 12.0. The molecule has 0 saturated carbocycles. The van der Waals surface area contributed by atoms with Gasteiger partial charge in [-0.2, -0.15) is 24.5 Å². The molecule has 4 aromatic rings. The molecule has 0 fully saturated rings. The van der Waals surface area contributed by atoms with Crippen LogP contribution in [0.1, 0.15) is 61.5 Å². The van der Waals surface area contributed by atoms with Crippen molar-refractivity contribution >= 4 is 11.4 Å². The predicted octanol–water partition coefficient (Wildman–Crippen LogP) is 7.97. The summed E-state index contributed by atoms with van der Waals surface area (Å²) in [4.78, 5) is 12.8. The Morgan fingerprint density at radius 2 is 1.19 bits per heavy atom. The maximum absolute atomic E-state index is 15.4. The van der Waals surface area contributed by atoms with Gasteiger partial charge in [0.05, 0.1) is 29.1 Å². The molecule has 5 nitrogen and oxygen atoms in total. The molecule has 0 aliphatic carbocycles. The standard InChI is InChI=1S/C34H30F7N5.Pt/c1-32(2,22-10-12-23(35)21(17-42)30(22)37)26-15-19(46(7)8)16-28(44-26)33(3,4)27-14-18(45(5)6)13-25(43-27)20-9-11-24(36)29(31(20)38)34(39,40)41;/h11-16H,1-8H3;/q-2;+2. The number of benzene rings is 2. The zero-order valence-electron chi connectivity index (χ0n) is 26.7. The predicted molar refractivity (Wildman–Crippen MR) is 160 cm³/mol. The summed E-state index contributed by atoms with van der Waals surface area (Å²) in [5.41, 5.74) is -3.99. The number of halogens is 7. The zero-order valence-corrected chi connectivity index (χ0v) is 28.9.